The van der Waals surface area contributed by atoms with Crippen LogP contribution in [0.4, 0.5) is 0 Å². The van der Waals surface area contributed by atoms with Crippen LogP contribution in [0, 0.1) is 0 Å². The van der Waals surface area contributed by atoms with E-state index in [0.717, 1.165) is 17.6 Å². The van der Waals surface area contributed by atoms with E-state index in [1.165, 1.54) is 0 Å². The van der Waals surface area contributed by atoms with Crippen molar-refractivity contribution in [1.82, 2.24) is 19.3 Å². The number of rotatable bonds is 4. The number of nitrogens with one attached hydrogen (secondary N) is 1. The van der Waals surface area contributed by atoms with Gasteiger partial charge < -0.3 is 0 Å². The van der Waals surface area contributed by atoms with Gasteiger partial charge in [-0.25, -0.2) is 18.4 Å². The van der Waals surface area contributed by atoms with Gasteiger partial charge in [-0.1, -0.05) is 6.92 Å². The molecule has 2 atom stereocenters. The zero-order valence-corrected chi connectivity index (χ0v) is 12.6. The van der Waals surface area contributed by atoms with Crippen LogP contribution in [0.2, 0.25) is 0 Å². The Morgan fingerprint density at radius 3 is 2.84 bits per heavy atom. The van der Waals surface area contributed by atoms with Crippen LogP contribution in [0.1, 0.15) is 45.7 Å². The van der Waals surface area contributed by atoms with Crippen molar-refractivity contribution in [2.24, 2.45) is 0 Å². The molecule has 2 aromatic heterocycles. The molecule has 0 unspecified atom stereocenters. The maximum absolute atomic E-state index is 12.2. The highest BCUT2D eigenvalue weighted by atomic mass is 32.2. The smallest absolute Gasteiger partial charge is 0.153 e. The predicted octanol–water partition coefficient (Wildman–Crippen LogP) is 2.23. The van der Waals surface area contributed by atoms with Gasteiger partial charge in [0.05, 0.1) is 21.9 Å². The molecule has 0 radical (unpaired) electrons. The third kappa shape index (κ3) is 3.19. The van der Waals surface area contributed by atoms with Crippen LogP contribution in [0.25, 0.3) is 5.65 Å². The summed E-state index contributed by atoms with van der Waals surface area (Å²) >= 11 is 0. The lowest BCUT2D eigenvalue weighted by Gasteiger charge is -2.23. The Morgan fingerprint density at radius 1 is 1.47 bits per heavy atom. The summed E-state index contributed by atoms with van der Waals surface area (Å²) in [4.78, 5) is 4.22. The Hall–Kier alpha value is -1.27. The number of aromatic nitrogens is 3. The zero-order valence-electron chi connectivity index (χ0n) is 11.8. The summed E-state index contributed by atoms with van der Waals surface area (Å²) in [7, 11) is -1.10. The Kier molecular flexibility index (Phi) is 4.01. The van der Waals surface area contributed by atoms with Crippen LogP contribution in [-0.4, -0.2) is 23.6 Å². The summed E-state index contributed by atoms with van der Waals surface area (Å²) < 4.78 is 16.8. The lowest BCUT2D eigenvalue weighted by Crippen LogP contribution is -2.35. The van der Waals surface area contributed by atoms with Gasteiger partial charge in [0.15, 0.2) is 5.65 Å². The van der Waals surface area contributed by atoms with E-state index in [2.05, 4.69) is 21.7 Å². The molecule has 1 N–H and O–H groups in total. The first kappa shape index (κ1) is 14.1. The Bertz CT molecular complexity index is 588. The molecule has 6 heteroatoms. The van der Waals surface area contributed by atoms with E-state index in [-0.39, 0.29) is 10.8 Å². The van der Waals surface area contributed by atoms with Crippen molar-refractivity contribution in [3.05, 3.63) is 30.2 Å². The standard InChI is InChI=1S/C13H20N4OS/c1-5-11(16-19(18)13(2,3)4)10-8-12-14-6-7-17(12)15-9-10/h6-9,11,16H,5H2,1-4H3/t11-,19-/m0/s1. The minimum absolute atomic E-state index is 0.0225. The van der Waals surface area contributed by atoms with E-state index in [1.807, 2.05) is 26.8 Å². The minimum atomic E-state index is -1.10. The average molecular weight is 280 g/mol. The van der Waals surface area contributed by atoms with Gasteiger partial charge in [-0.3, -0.25) is 0 Å². The quantitative estimate of drug-likeness (QED) is 0.934. The maximum atomic E-state index is 12.2. The number of imidazole rings is 1. The molecule has 2 heterocycles. The lowest BCUT2D eigenvalue weighted by atomic mass is 10.1. The monoisotopic (exact) mass is 280 g/mol. The normalized spacial score (nSPS) is 15.6. The minimum Gasteiger partial charge on any atom is -0.242 e. The van der Waals surface area contributed by atoms with E-state index in [9.17, 15) is 4.21 Å². The summed E-state index contributed by atoms with van der Waals surface area (Å²) in [6.07, 6.45) is 6.17. The van der Waals surface area contributed by atoms with Crippen molar-refractivity contribution >= 4 is 16.6 Å². The Labute approximate surface area is 116 Å². The zero-order chi connectivity index (χ0) is 14.0. The molecule has 0 aliphatic heterocycles. The molecule has 104 valence electrons. The molecule has 19 heavy (non-hydrogen) atoms. The van der Waals surface area contributed by atoms with Crippen molar-refractivity contribution in [1.29, 1.82) is 0 Å². The fourth-order valence-corrected chi connectivity index (χ4v) is 2.62. The van der Waals surface area contributed by atoms with E-state index >= 15 is 0 Å². The van der Waals surface area contributed by atoms with Crippen molar-refractivity contribution in [2.45, 2.75) is 44.9 Å². The Morgan fingerprint density at radius 2 is 2.21 bits per heavy atom. The van der Waals surface area contributed by atoms with E-state index in [0.29, 0.717) is 0 Å². The van der Waals surface area contributed by atoms with Crippen molar-refractivity contribution in [2.75, 3.05) is 0 Å². The second-order valence-corrected chi connectivity index (χ2v) is 7.48. The molecule has 0 fully saturated rings. The number of hydrogen-bond acceptors (Lipinski definition) is 3. The van der Waals surface area contributed by atoms with Gasteiger partial charge in [-0.05, 0) is 38.8 Å². The molecule has 5 nitrogen and oxygen atoms in total. The molecule has 0 bridgehead atoms. The van der Waals surface area contributed by atoms with Gasteiger partial charge in [-0.15, -0.1) is 0 Å². The first-order chi connectivity index (χ1) is 8.91. The molecule has 0 spiro atoms. The fraction of sp³-hybridized carbons (Fsp3) is 0.538. The highest BCUT2D eigenvalue weighted by Gasteiger charge is 2.23. The van der Waals surface area contributed by atoms with Crippen LogP contribution < -0.4 is 4.72 Å². The molecule has 0 aliphatic rings. The van der Waals surface area contributed by atoms with Crippen LogP contribution >= 0.6 is 0 Å². The van der Waals surface area contributed by atoms with Crippen molar-refractivity contribution in [3.8, 4) is 0 Å². The largest absolute Gasteiger partial charge is 0.242 e. The van der Waals surface area contributed by atoms with E-state index in [1.54, 1.807) is 23.1 Å². The molecule has 2 rings (SSSR count). The van der Waals surface area contributed by atoms with Gasteiger partial charge >= 0.3 is 0 Å². The summed E-state index contributed by atoms with van der Waals surface area (Å²) in [5.74, 6) is 0. The number of hydrogen-bond donors (Lipinski definition) is 1. The number of nitrogens with zero attached hydrogens (tertiary/aromatic N) is 3. The van der Waals surface area contributed by atoms with Gasteiger partial charge in [0, 0.05) is 18.4 Å². The van der Waals surface area contributed by atoms with E-state index in [4.69, 9.17) is 0 Å². The summed E-state index contributed by atoms with van der Waals surface area (Å²) in [5, 5.41) is 4.29. The molecule has 2 aromatic rings. The van der Waals surface area contributed by atoms with Gasteiger partial charge in [0.2, 0.25) is 0 Å². The molecular formula is C13H20N4OS. The molecule has 0 aliphatic carbocycles. The summed E-state index contributed by atoms with van der Waals surface area (Å²) in [6, 6.07) is 2.00. The average Bonchev–Trinajstić information content (AvgIpc) is 2.81. The van der Waals surface area contributed by atoms with Crippen LogP contribution in [-0.2, 0) is 11.0 Å². The topological polar surface area (TPSA) is 59.3 Å². The Balaban J connectivity index is 2.23. The molecule has 0 amide bonds. The second-order valence-electron chi connectivity index (χ2n) is 5.48. The van der Waals surface area contributed by atoms with Gasteiger partial charge in [0.25, 0.3) is 0 Å². The molecule has 0 saturated carbocycles. The molecular weight excluding hydrogens is 260 g/mol. The van der Waals surface area contributed by atoms with E-state index < -0.39 is 11.0 Å². The van der Waals surface area contributed by atoms with Crippen LogP contribution in [0.5, 0.6) is 0 Å². The fourth-order valence-electron chi connectivity index (χ4n) is 1.71. The highest BCUT2D eigenvalue weighted by molar-refractivity contribution is 7.84. The summed E-state index contributed by atoms with van der Waals surface area (Å²) in [6.45, 7) is 7.93. The highest BCUT2D eigenvalue weighted by Crippen LogP contribution is 2.20. The van der Waals surface area contributed by atoms with Crippen LogP contribution in [0.15, 0.2) is 24.7 Å². The van der Waals surface area contributed by atoms with Gasteiger partial charge in [-0.2, -0.15) is 5.10 Å². The third-order valence-corrected chi connectivity index (χ3v) is 4.50. The first-order valence-corrected chi connectivity index (χ1v) is 7.54. The second kappa shape index (κ2) is 5.38. The molecule has 0 aromatic carbocycles. The SMILES string of the molecule is CC[C@H](N[S@@](=O)C(C)(C)C)c1cnn2ccnc2c1. The lowest BCUT2D eigenvalue weighted by molar-refractivity contribution is 0.586. The van der Waals surface area contributed by atoms with Crippen molar-refractivity contribution in [3.63, 3.8) is 0 Å². The van der Waals surface area contributed by atoms with Gasteiger partial charge in [0.1, 0.15) is 0 Å². The predicted molar refractivity (Wildman–Crippen MR) is 77.1 cm³/mol. The van der Waals surface area contributed by atoms with Crippen LogP contribution in [0.3, 0.4) is 0 Å². The first-order valence-electron chi connectivity index (χ1n) is 6.39. The van der Waals surface area contributed by atoms with Crippen molar-refractivity contribution < 1.29 is 4.21 Å². The number of fused-ring (bicyclic) bond motifs is 1. The summed E-state index contributed by atoms with van der Waals surface area (Å²) in [5.41, 5.74) is 1.82. The molecule has 0 saturated heterocycles. The maximum Gasteiger partial charge on any atom is 0.153 e. The third-order valence-electron chi connectivity index (χ3n) is 2.89.